The van der Waals surface area contributed by atoms with E-state index in [1.54, 1.807) is 0 Å². The second-order valence-electron chi connectivity index (χ2n) is 6.77. The number of hydrogen-bond acceptors (Lipinski definition) is 2. The molecule has 0 aliphatic heterocycles. The first-order valence-electron chi connectivity index (χ1n) is 7.30. The van der Waals surface area contributed by atoms with Crippen molar-refractivity contribution in [3.05, 3.63) is 51.8 Å². The van der Waals surface area contributed by atoms with Crippen LogP contribution in [0.3, 0.4) is 0 Å². The van der Waals surface area contributed by atoms with E-state index in [1.165, 1.54) is 5.56 Å². The number of rotatable bonds is 3. The van der Waals surface area contributed by atoms with Gasteiger partial charge in [-0.2, -0.15) is 5.10 Å². The lowest BCUT2D eigenvalue weighted by Gasteiger charge is -2.21. The van der Waals surface area contributed by atoms with Crippen LogP contribution in [-0.2, 0) is 5.41 Å². The molecule has 2 rings (SSSR count). The van der Waals surface area contributed by atoms with Crippen molar-refractivity contribution < 1.29 is 0 Å². The molecule has 1 aromatic heterocycles. The maximum Gasteiger partial charge on any atom is 0.0741 e. The summed E-state index contributed by atoms with van der Waals surface area (Å²) < 4.78 is 2.94. The molecule has 3 nitrogen and oxygen atoms in total. The molecule has 2 aromatic rings. The Kier molecular flexibility index (Phi) is 4.59. The highest BCUT2D eigenvalue weighted by Crippen LogP contribution is 2.30. The zero-order valence-electron chi connectivity index (χ0n) is 13.4. The predicted octanol–water partition coefficient (Wildman–Crippen LogP) is 4.57. The molecule has 1 heterocycles. The highest BCUT2D eigenvalue weighted by atomic mass is 79.9. The van der Waals surface area contributed by atoms with E-state index in [4.69, 9.17) is 5.73 Å². The third-order valence-electron chi connectivity index (χ3n) is 3.71. The monoisotopic (exact) mass is 349 g/mol. The van der Waals surface area contributed by atoms with Gasteiger partial charge in [0.2, 0.25) is 0 Å². The zero-order valence-corrected chi connectivity index (χ0v) is 15.0. The van der Waals surface area contributed by atoms with Crippen LogP contribution in [0.15, 0.2) is 34.9 Å². The van der Waals surface area contributed by atoms with Crippen molar-refractivity contribution in [2.45, 2.75) is 52.1 Å². The fourth-order valence-electron chi connectivity index (χ4n) is 2.40. The Morgan fingerprint density at radius 2 is 1.71 bits per heavy atom. The van der Waals surface area contributed by atoms with Crippen LogP contribution in [0.1, 0.15) is 63.5 Å². The van der Waals surface area contributed by atoms with Crippen LogP contribution in [-0.4, -0.2) is 9.78 Å². The maximum atomic E-state index is 6.47. The summed E-state index contributed by atoms with van der Waals surface area (Å²) in [6.45, 7) is 10.9. The van der Waals surface area contributed by atoms with Crippen LogP contribution < -0.4 is 5.73 Å². The summed E-state index contributed by atoms with van der Waals surface area (Å²) in [5, 5.41) is 4.41. The molecule has 0 saturated carbocycles. The van der Waals surface area contributed by atoms with Gasteiger partial charge in [-0.05, 0) is 46.3 Å². The van der Waals surface area contributed by atoms with E-state index in [0.29, 0.717) is 0 Å². The lowest BCUT2D eigenvalue weighted by Crippen LogP contribution is -2.19. The summed E-state index contributed by atoms with van der Waals surface area (Å²) in [7, 11) is 0. The maximum absolute atomic E-state index is 6.47. The minimum atomic E-state index is -0.182. The summed E-state index contributed by atoms with van der Waals surface area (Å²) in [4.78, 5) is 0. The molecule has 4 heteroatoms. The Hall–Kier alpha value is -1.13. The molecule has 0 amide bonds. The van der Waals surface area contributed by atoms with Crippen molar-refractivity contribution >= 4 is 15.9 Å². The van der Waals surface area contributed by atoms with Gasteiger partial charge in [0.05, 0.1) is 22.4 Å². The van der Waals surface area contributed by atoms with Crippen LogP contribution in [0.5, 0.6) is 0 Å². The van der Waals surface area contributed by atoms with Gasteiger partial charge in [-0.3, -0.25) is 4.68 Å². The topological polar surface area (TPSA) is 43.8 Å². The Labute approximate surface area is 135 Å². The Morgan fingerprint density at radius 3 is 2.19 bits per heavy atom. The molecule has 2 N–H and O–H groups in total. The van der Waals surface area contributed by atoms with Crippen LogP contribution in [0.2, 0.25) is 0 Å². The smallest absolute Gasteiger partial charge is 0.0741 e. The number of nitrogens with two attached hydrogens (primary N) is 1. The van der Waals surface area contributed by atoms with Gasteiger partial charge in [-0.25, -0.2) is 0 Å². The van der Waals surface area contributed by atoms with Crippen molar-refractivity contribution in [2.24, 2.45) is 5.73 Å². The van der Waals surface area contributed by atoms with E-state index in [2.05, 4.69) is 79.9 Å². The minimum absolute atomic E-state index is 0.156. The van der Waals surface area contributed by atoms with Gasteiger partial charge < -0.3 is 5.73 Å². The molecule has 1 atom stereocenters. The van der Waals surface area contributed by atoms with E-state index in [1.807, 2.05) is 10.9 Å². The van der Waals surface area contributed by atoms with Crippen LogP contribution in [0.25, 0.3) is 0 Å². The van der Waals surface area contributed by atoms with E-state index in [9.17, 15) is 0 Å². The third kappa shape index (κ3) is 3.38. The number of aromatic nitrogens is 2. The molecule has 0 spiro atoms. The van der Waals surface area contributed by atoms with E-state index < -0.39 is 0 Å². The fourth-order valence-corrected chi connectivity index (χ4v) is 2.92. The standard InChI is InChI=1S/C17H24BrN3/c1-11(2)21-16(14(18)10-20-21)15(19)12-6-8-13(9-7-12)17(3,4)5/h6-11,15H,19H2,1-5H3. The molecule has 0 saturated heterocycles. The average Bonchev–Trinajstić information content (AvgIpc) is 2.79. The van der Waals surface area contributed by atoms with Gasteiger partial charge in [0, 0.05) is 6.04 Å². The summed E-state index contributed by atoms with van der Waals surface area (Å²) in [5.41, 5.74) is 10.1. The molecular weight excluding hydrogens is 326 g/mol. The Bertz CT molecular complexity index is 606. The lowest BCUT2D eigenvalue weighted by atomic mass is 9.86. The van der Waals surface area contributed by atoms with Crippen LogP contribution in [0, 0.1) is 0 Å². The summed E-state index contributed by atoms with van der Waals surface area (Å²) >= 11 is 3.57. The minimum Gasteiger partial charge on any atom is -0.319 e. The molecule has 114 valence electrons. The van der Waals surface area contributed by atoms with Gasteiger partial charge >= 0.3 is 0 Å². The highest BCUT2D eigenvalue weighted by molar-refractivity contribution is 9.10. The quantitative estimate of drug-likeness (QED) is 0.881. The van der Waals surface area contributed by atoms with Crippen LogP contribution >= 0.6 is 15.9 Å². The summed E-state index contributed by atoms with van der Waals surface area (Å²) in [6, 6.07) is 8.67. The van der Waals surface area contributed by atoms with E-state index in [-0.39, 0.29) is 17.5 Å². The average molecular weight is 350 g/mol. The highest BCUT2D eigenvalue weighted by Gasteiger charge is 2.20. The van der Waals surface area contributed by atoms with Crippen molar-refractivity contribution in [3.63, 3.8) is 0 Å². The number of nitrogens with zero attached hydrogens (tertiary/aromatic N) is 2. The van der Waals surface area contributed by atoms with Gasteiger partial charge in [-0.15, -0.1) is 0 Å². The zero-order chi connectivity index (χ0) is 15.8. The normalized spacial score (nSPS) is 13.7. The summed E-state index contributed by atoms with van der Waals surface area (Å²) in [6.07, 6.45) is 1.82. The van der Waals surface area contributed by atoms with E-state index in [0.717, 1.165) is 15.7 Å². The first-order chi connectivity index (χ1) is 9.71. The Morgan fingerprint density at radius 1 is 1.14 bits per heavy atom. The third-order valence-corrected chi connectivity index (χ3v) is 4.32. The number of halogens is 1. The van der Waals surface area contributed by atoms with Crippen molar-refractivity contribution in [1.29, 1.82) is 0 Å². The van der Waals surface area contributed by atoms with Gasteiger partial charge in [0.1, 0.15) is 0 Å². The molecule has 0 aliphatic carbocycles. The van der Waals surface area contributed by atoms with Crippen LogP contribution in [0.4, 0.5) is 0 Å². The second kappa shape index (κ2) is 5.93. The van der Waals surface area contributed by atoms with E-state index >= 15 is 0 Å². The molecule has 0 bridgehead atoms. The molecular formula is C17H24BrN3. The van der Waals surface area contributed by atoms with Gasteiger partial charge in [0.25, 0.3) is 0 Å². The molecule has 21 heavy (non-hydrogen) atoms. The number of hydrogen-bond donors (Lipinski definition) is 1. The van der Waals surface area contributed by atoms with Crippen molar-refractivity contribution in [1.82, 2.24) is 9.78 Å². The van der Waals surface area contributed by atoms with Gasteiger partial charge in [-0.1, -0.05) is 45.0 Å². The van der Waals surface area contributed by atoms with Gasteiger partial charge in [0.15, 0.2) is 0 Å². The molecule has 1 aromatic carbocycles. The molecule has 0 radical (unpaired) electrons. The Balaban J connectivity index is 2.37. The first kappa shape index (κ1) is 16.2. The second-order valence-corrected chi connectivity index (χ2v) is 7.62. The number of benzene rings is 1. The first-order valence-corrected chi connectivity index (χ1v) is 8.10. The van der Waals surface area contributed by atoms with Crippen molar-refractivity contribution in [2.75, 3.05) is 0 Å². The fraction of sp³-hybridized carbons (Fsp3) is 0.471. The summed E-state index contributed by atoms with van der Waals surface area (Å²) in [5.74, 6) is 0. The largest absolute Gasteiger partial charge is 0.319 e. The van der Waals surface area contributed by atoms with Crippen molar-refractivity contribution in [3.8, 4) is 0 Å². The predicted molar refractivity (Wildman–Crippen MR) is 91.5 cm³/mol. The molecule has 0 aliphatic rings. The molecule has 1 unspecified atom stereocenters. The SMILES string of the molecule is CC(C)n1ncc(Br)c1C(N)c1ccc(C(C)(C)C)cc1. The molecule has 0 fully saturated rings. The lowest BCUT2D eigenvalue weighted by molar-refractivity contribution is 0.498.